The summed E-state index contributed by atoms with van der Waals surface area (Å²) in [6.07, 6.45) is 9.09. The van der Waals surface area contributed by atoms with Crippen molar-refractivity contribution in [2.45, 2.75) is 12.0 Å². The van der Waals surface area contributed by atoms with E-state index in [0.717, 1.165) is 39.0 Å². The second kappa shape index (κ2) is 11.9. The number of rotatable bonds is 5. The third kappa shape index (κ3) is 4.67. The van der Waals surface area contributed by atoms with Crippen LogP contribution in [0.4, 0.5) is 28.4 Å². The molecule has 250 valence electrons. The Kier molecular flexibility index (Phi) is 6.68. The van der Waals surface area contributed by atoms with Gasteiger partial charge in [0.25, 0.3) is 0 Å². The molecule has 0 bridgehead atoms. The summed E-state index contributed by atoms with van der Waals surface area (Å²) in [6.45, 7) is 0. The molecular formula is C50H34N2O. The van der Waals surface area contributed by atoms with Crippen LogP contribution in [0.15, 0.2) is 199 Å². The molecule has 2 heterocycles. The number of hydrogen-bond donors (Lipinski definition) is 0. The smallest absolute Gasteiger partial charge is 0.159 e. The third-order valence-electron chi connectivity index (χ3n) is 11.2. The summed E-state index contributed by atoms with van der Waals surface area (Å²) in [5.41, 5.74) is 11.2. The van der Waals surface area contributed by atoms with Crippen molar-refractivity contribution in [2.24, 2.45) is 0 Å². The molecule has 2 unspecified atom stereocenters. The van der Waals surface area contributed by atoms with Crippen molar-refractivity contribution in [1.82, 2.24) is 0 Å². The van der Waals surface area contributed by atoms with Gasteiger partial charge >= 0.3 is 0 Å². The standard InChI is InChI=1S/C50H34N2O/c1-3-14-39-33(11-1)13-9-18-40(39)35-23-26-36(27-24-35)51(47-21-10-19-43-42-16-6-8-22-48(42)53-50(43)47)37-28-30-38(31-29-37)52-45-20-7-5-17-44(45)49-41-15-4-2-12-34(41)25-32-46(49)52/h1-32,44-45H. The zero-order chi connectivity index (χ0) is 34.9. The molecule has 0 saturated carbocycles. The Hall–Kier alpha value is -6.84. The van der Waals surface area contributed by atoms with Gasteiger partial charge in [0.2, 0.25) is 0 Å². The highest BCUT2D eigenvalue weighted by molar-refractivity contribution is 6.10. The molecule has 0 radical (unpaired) electrons. The van der Waals surface area contributed by atoms with Crippen molar-refractivity contribution in [3.05, 3.63) is 200 Å². The van der Waals surface area contributed by atoms with Gasteiger partial charge in [-0.3, -0.25) is 0 Å². The monoisotopic (exact) mass is 678 g/mol. The molecular weight excluding hydrogens is 645 g/mol. The lowest BCUT2D eigenvalue weighted by molar-refractivity contribution is 0.669. The van der Waals surface area contributed by atoms with E-state index in [-0.39, 0.29) is 6.04 Å². The van der Waals surface area contributed by atoms with Crippen LogP contribution in [0.5, 0.6) is 0 Å². The zero-order valence-electron chi connectivity index (χ0n) is 28.9. The number of para-hydroxylation sites is 2. The highest BCUT2D eigenvalue weighted by Crippen LogP contribution is 2.51. The van der Waals surface area contributed by atoms with Gasteiger partial charge in [0.05, 0.1) is 11.7 Å². The first-order valence-electron chi connectivity index (χ1n) is 18.3. The minimum Gasteiger partial charge on any atom is -0.454 e. The van der Waals surface area contributed by atoms with Crippen LogP contribution in [0, 0.1) is 0 Å². The Morgan fingerprint density at radius 3 is 1.96 bits per heavy atom. The molecule has 0 fully saturated rings. The molecule has 11 rings (SSSR count). The average molecular weight is 679 g/mol. The molecule has 53 heavy (non-hydrogen) atoms. The van der Waals surface area contributed by atoms with Gasteiger partial charge in [-0.15, -0.1) is 0 Å². The summed E-state index contributed by atoms with van der Waals surface area (Å²) in [4.78, 5) is 4.85. The van der Waals surface area contributed by atoms with E-state index < -0.39 is 0 Å². The molecule has 0 saturated heterocycles. The van der Waals surface area contributed by atoms with E-state index in [1.54, 1.807) is 0 Å². The SMILES string of the molecule is C1=CC2c3c(ccc4ccccc34)N(c3ccc(N(c4ccc(-c5cccc6ccccc56)cc4)c4cccc5c4oc4ccccc45)cc3)C2C=C1. The molecule has 2 atom stereocenters. The van der Waals surface area contributed by atoms with Crippen molar-refractivity contribution in [1.29, 1.82) is 0 Å². The van der Waals surface area contributed by atoms with Crippen molar-refractivity contribution < 1.29 is 4.42 Å². The highest BCUT2D eigenvalue weighted by atomic mass is 16.3. The summed E-state index contributed by atoms with van der Waals surface area (Å²) in [5, 5.41) is 7.34. The lowest BCUT2D eigenvalue weighted by Crippen LogP contribution is -2.28. The lowest BCUT2D eigenvalue weighted by atomic mass is 9.88. The first-order valence-corrected chi connectivity index (χ1v) is 18.3. The van der Waals surface area contributed by atoms with Crippen molar-refractivity contribution >= 4 is 71.9 Å². The fourth-order valence-corrected chi connectivity index (χ4v) is 8.79. The molecule has 1 aromatic heterocycles. The van der Waals surface area contributed by atoms with Gasteiger partial charge in [-0.2, -0.15) is 0 Å². The second-order valence-electron chi connectivity index (χ2n) is 14.1. The summed E-state index contributed by atoms with van der Waals surface area (Å²) in [7, 11) is 0. The van der Waals surface area contributed by atoms with Crippen LogP contribution >= 0.6 is 0 Å². The largest absolute Gasteiger partial charge is 0.454 e. The second-order valence-corrected chi connectivity index (χ2v) is 14.1. The molecule has 0 spiro atoms. The molecule has 8 aromatic carbocycles. The van der Waals surface area contributed by atoms with E-state index in [9.17, 15) is 0 Å². The number of furan rings is 1. The fraction of sp³-hybridized carbons (Fsp3) is 0.0400. The highest BCUT2D eigenvalue weighted by Gasteiger charge is 2.38. The van der Waals surface area contributed by atoms with Gasteiger partial charge in [0.15, 0.2) is 5.58 Å². The number of benzene rings is 8. The topological polar surface area (TPSA) is 19.6 Å². The van der Waals surface area contributed by atoms with Crippen molar-refractivity contribution in [2.75, 3.05) is 9.80 Å². The zero-order valence-corrected chi connectivity index (χ0v) is 28.9. The Morgan fingerprint density at radius 1 is 0.491 bits per heavy atom. The summed E-state index contributed by atoms with van der Waals surface area (Å²) < 4.78 is 6.62. The molecule has 2 aliphatic rings. The van der Waals surface area contributed by atoms with Gasteiger partial charge in [-0.1, -0.05) is 140 Å². The quantitative estimate of drug-likeness (QED) is 0.181. The summed E-state index contributed by atoms with van der Waals surface area (Å²) >= 11 is 0. The van der Waals surface area contributed by atoms with Crippen molar-refractivity contribution in [3.8, 4) is 11.1 Å². The summed E-state index contributed by atoms with van der Waals surface area (Å²) in [5.74, 6) is 0.295. The maximum absolute atomic E-state index is 6.62. The minimum absolute atomic E-state index is 0.216. The minimum atomic E-state index is 0.216. The average Bonchev–Trinajstić information content (AvgIpc) is 3.78. The predicted octanol–water partition coefficient (Wildman–Crippen LogP) is 13.8. The Morgan fingerprint density at radius 2 is 1.13 bits per heavy atom. The first-order chi connectivity index (χ1) is 26.3. The van der Waals surface area contributed by atoms with Gasteiger partial charge in [0.1, 0.15) is 5.58 Å². The maximum Gasteiger partial charge on any atom is 0.159 e. The molecule has 3 nitrogen and oxygen atoms in total. The van der Waals surface area contributed by atoms with Crippen LogP contribution in [0.2, 0.25) is 0 Å². The number of hydrogen-bond acceptors (Lipinski definition) is 3. The molecule has 0 N–H and O–H groups in total. The van der Waals surface area contributed by atoms with Crippen LogP contribution in [0.1, 0.15) is 11.5 Å². The first kappa shape index (κ1) is 29.8. The molecule has 1 aliphatic carbocycles. The van der Waals surface area contributed by atoms with Crippen molar-refractivity contribution in [3.63, 3.8) is 0 Å². The van der Waals surface area contributed by atoms with Gasteiger partial charge in [-0.05, 0) is 92.8 Å². The van der Waals surface area contributed by atoms with Crippen LogP contribution in [-0.4, -0.2) is 6.04 Å². The van der Waals surface area contributed by atoms with E-state index in [4.69, 9.17) is 4.42 Å². The van der Waals surface area contributed by atoms with E-state index >= 15 is 0 Å². The van der Waals surface area contributed by atoms with Crippen LogP contribution < -0.4 is 9.80 Å². The predicted molar refractivity (Wildman–Crippen MR) is 222 cm³/mol. The van der Waals surface area contributed by atoms with E-state index in [2.05, 4.69) is 198 Å². The molecule has 1 aliphatic heterocycles. The lowest BCUT2D eigenvalue weighted by Gasteiger charge is -2.30. The van der Waals surface area contributed by atoms with Gasteiger partial charge in [0, 0.05) is 39.4 Å². The van der Waals surface area contributed by atoms with Crippen LogP contribution in [0.3, 0.4) is 0 Å². The van der Waals surface area contributed by atoms with Crippen LogP contribution in [-0.2, 0) is 0 Å². The van der Waals surface area contributed by atoms with E-state index in [1.165, 1.54) is 49.6 Å². The van der Waals surface area contributed by atoms with Gasteiger partial charge in [-0.25, -0.2) is 0 Å². The number of allylic oxidation sites excluding steroid dienone is 2. The molecule has 9 aromatic rings. The van der Waals surface area contributed by atoms with E-state index in [1.807, 2.05) is 6.07 Å². The Balaban J connectivity index is 1.05. The number of fused-ring (bicyclic) bond motifs is 9. The fourth-order valence-electron chi connectivity index (χ4n) is 8.79. The van der Waals surface area contributed by atoms with Crippen LogP contribution in [0.25, 0.3) is 54.6 Å². The molecule has 0 amide bonds. The third-order valence-corrected chi connectivity index (χ3v) is 11.2. The Bertz CT molecular complexity index is 2910. The number of nitrogens with zero attached hydrogens (tertiary/aromatic N) is 2. The molecule has 3 heteroatoms. The normalized spacial score (nSPS) is 16.1. The number of anilines is 5. The van der Waals surface area contributed by atoms with E-state index in [0.29, 0.717) is 5.92 Å². The Labute approximate surface area is 307 Å². The maximum atomic E-state index is 6.62. The summed E-state index contributed by atoms with van der Waals surface area (Å²) in [6, 6.07) is 61.5. The van der Waals surface area contributed by atoms with Gasteiger partial charge < -0.3 is 14.2 Å².